The lowest BCUT2D eigenvalue weighted by Gasteiger charge is -2.33. The molecule has 6 heteroatoms. The molecular formula is C17H22BNO4. The van der Waals surface area contributed by atoms with Crippen molar-refractivity contribution in [2.75, 3.05) is 0 Å². The number of Topliss-reactive ketones (excluding diaryl/α,β-unsaturated/α-hetero) is 2. The summed E-state index contributed by atoms with van der Waals surface area (Å²) in [5.41, 5.74) is 7.11. The molecule has 1 aromatic carbocycles. The van der Waals surface area contributed by atoms with Gasteiger partial charge in [-0.15, -0.1) is 0 Å². The van der Waals surface area contributed by atoms with Crippen molar-refractivity contribution in [2.45, 2.75) is 50.9 Å². The molecule has 1 saturated carbocycles. The third-order valence-electron chi connectivity index (χ3n) is 4.88. The standard InChI is InChI=1S/C17H22BNO4/c1-10(20)16-4-2-3-12-8-13(18(22)23-17(12)16)9-15(21)7-11-5-14(19)6-11/h2-4,11,13-14,22H,5-9,19H2,1H3/t11?,13-,14?/m1/s1. The van der Waals surface area contributed by atoms with Crippen molar-refractivity contribution < 1.29 is 19.3 Å². The molecule has 3 N–H and O–H groups in total. The van der Waals surface area contributed by atoms with Crippen molar-refractivity contribution >= 4 is 18.7 Å². The minimum Gasteiger partial charge on any atom is -0.535 e. The number of benzene rings is 1. The smallest absolute Gasteiger partial charge is 0.526 e. The maximum Gasteiger partial charge on any atom is 0.526 e. The fraction of sp³-hybridized carbons (Fsp3) is 0.529. The molecule has 0 amide bonds. The number of para-hydroxylation sites is 1. The molecule has 0 saturated heterocycles. The predicted molar refractivity (Wildman–Crippen MR) is 87.4 cm³/mol. The lowest BCUT2D eigenvalue weighted by atomic mass is 9.63. The summed E-state index contributed by atoms with van der Waals surface area (Å²) >= 11 is 0. The van der Waals surface area contributed by atoms with E-state index in [0.29, 0.717) is 36.5 Å². The lowest BCUT2D eigenvalue weighted by Crippen LogP contribution is -2.38. The first-order valence-corrected chi connectivity index (χ1v) is 8.19. The normalized spacial score (nSPS) is 26.0. The molecule has 2 aliphatic rings. The summed E-state index contributed by atoms with van der Waals surface area (Å²) in [7, 11) is -1.05. The zero-order chi connectivity index (χ0) is 16.6. The molecule has 0 spiro atoms. The zero-order valence-corrected chi connectivity index (χ0v) is 13.3. The summed E-state index contributed by atoms with van der Waals surface area (Å²) in [6.07, 6.45) is 3.22. The minimum atomic E-state index is -1.05. The molecule has 1 fully saturated rings. The van der Waals surface area contributed by atoms with Crippen LogP contribution in [0.1, 0.15) is 48.5 Å². The second-order valence-corrected chi connectivity index (χ2v) is 6.87. The highest BCUT2D eigenvalue weighted by molar-refractivity contribution is 6.47. The minimum absolute atomic E-state index is 0.0927. The second-order valence-electron chi connectivity index (χ2n) is 6.87. The summed E-state index contributed by atoms with van der Waals surface area (Å²) in [5.74, 6) is 0.661. The highest BCUT2D eigenvalue weighted by Gasteiger charge is 2.38. The average Bonchev–Trinajstić information content (AvgIpc) is 2.45. The van der Waals surface area contributed by atoms with Crippen molar-refractivity contribution in [2.24, 2.45) is 11.7 Å². The first-order chi connectivity index (χ1) is 10.9. The number of ketones is 2. The Kier molecular flexibility index (Phi) is 4.55. The van der Waals surface area contributed by atoms with E-state index < -0.39 is 7.12 Å². The van der Waals surface area contributed by atoms with E-state index in [1.165, 1.54) is 6.92 Å². The van der Waals surface area contributed by atoms with E-state index in [-0.39, 0.29) is 23.4 Å². The first-order valence-electron chi connectivity index (χ1n) is 8.19. The zero-order valence-electron chi connectivity index (χ0n) is 13.3. The number of fused-ring (bicyclic) bond motifs is 1. The molecule has 0 radical (unpaired) electrons. The van der Waals surface area contributed by atoms with Crippen molar-refractivity contribution in [3.8, 4) is 5.75 Å². The van der Waals surface area contributed by atoms with E-state index in [1.807, 2.05) is 12.1 Å². The fourth-order valence-electron chi connectivity index (χ4n) is 3.59. The van der Waals surface area contributed by atoms with E-state index in [1.54, 1.807) is 6.07 Å². The monoisotopic (exact) mass is 315 g/mol. The Bertz CT molecular complexity index is 627. The van der Waals surface area contributed by atoms with Gasteiger partial charge in [-0.05, 0) is 43.7 Å². The largest absolute Gasteiger partial charge is 0.535 e. The second kappa shape index (κ2) is 6.45. The van der Waals surface area contributed by atoms with Gasteiger partial charge >= 0.3 is 7.12 Å². The number of nitrogens with two attached hydrogens (primary N) is 1. The molecule has 0 bridgehead atoms. The number of hydrogen-bond acceptors (Lipinski definition) is 5. The summed E-state index contributed by atoms with van der Waals surface area (Å²) < 4.78 is 5.56. The third-order valence-corrected chi connectivity index (χ3v) is 4.88. The molecule has 0 unspecified atom stereocenters. The van der Waals surface area contributed by atoms with Crippen LogP contribution in [0.15, 0.2) is 18.2 Å². The van der Waals surface area contributed by atoms with E-state index in [0.717, 1.165) is 18.4 Å². The van der Waals surface area contributed by atoms with E-state index in [2.05, 4.69) is 0 Å². The van der Waals surface area contributed by atoms with E-state index >= 15 is 0 Å². The Balaban J connectivity index is 1.65. The lowest BCUT2D eigenvalue weighted by molar-refractivity contribution is -0.120. The number of carbonyl (C=O) groups excluding carboxylic acids is 2. The number of rotatable bonds is 5. The van der Waals surface area contributed by atoms with Crippen LogP contribution in [-0.2, 0) is 11.2 Å². The van der Waals surface area contributed by atoms with Gasteiger partial charge in [0.25, 0.3) is 0 Å². The molecule has 23 heavy (non-hydrogen) atoms. The van der Waals surface area contributed by atoms with Crippen LogP contribution in [0, 0.1) is 5.92 Å². The first kappa shape index (κ1) is 16.2. The maximum absolute atomic E-state index is 12.2. The highest BCUT2D eigenvalue weighted by atomic mass is 16.5. The van der Waals surface area contributed by atoms with Crippen LogP contribution < -0.4 is 10.4 Å². The van der Waals surface area contributed by atoms with Gasteiger partial charge in [-0.25, -0.2) is 0 Å². The van der Waals surface area contributed by atoms with E-state index in [9.17, 15) is 14.6 Å². The van der Waals surface area contributed by atoms with Crippen LogP contribution in [0.2, 0.25) is 5.82 Å². The Morgan fingerprint density at radius 2 is 2.09 bits per heavy atom. The predicted octanol–water partition coefficient (Wildman–Crippen LogP) is 1.76. The van der Waals surface area contributed by atoms with Gasteiger partial charge in [0.15, 0.2) is 5.78 Å². The Hall–Kier alpha value is -1.66. The summed E-state index contributed by atoms with van der Waals surface area (Å²) in [6.45, 7) is 1.48. The molecular weight excluding hydrogens is 293 g/mol. The van der Waals surface area contributed by atoms with Gasteiger partial charge in [0.2, 0.25) is 0 Å². The van der Waals surface area contributed by atoms with Gasteiger partial charge in [0, 0.05) is 24.7 Å². The highest BCUT2D eigenvalue weighted by Crippen LogP contribution is 2.37. The quantitative estimate of drug-likeness (QED) is 0.638. The maximum atomic E-state index is 12.2. The van der Waals surface area contributed by atoms with Crippen molar-refractivity contribution in [3.63, 3.8) is 0 Å². The van der Waals surface area contributed by atoms with Crippen LogP contribution >= 0.6 is 0 Å². The molecule has 0 aromatic heterocycles. The van der Waals surface area contributed by atoms with Crippen LogP contribution in [-0.4, -0.2) is 29.8 Å². The Labute approximate surface area is 136 Å². The van der Waals surface area contributed by atoms with Gasteiger partial charge in [-0.1, -0.05) is 12.1 Å². The van der Waals surface area contributed by atoms with Crippen LogP contribution in [0.25, 0.3) is 0 Å². The average molecular weight is 315 g/mol. The summed E-state index contributed by atoms with van der Waals surface area (Å²) in [6, 6.07) is 5.63. The van der Waals surface area contributed by atoms with Crippen LogP contribution in [0.3, 0.4) is 0 Å². The fourth-order valence-corrected chi connectivity index (χ4v) is 3.59. The van der Waals surface area contributed by atoms with Gasteiger partial charge in [0.1, 0.15) is 11.5 Å². The SMILES string of the molecule is CC(=O)c1cccc2c1OB(O)[C@@H](CC(=O)CC1CC(N)C1)C2. The Morgan fingerprint density at radius 1 is 1.35 bits per heavy atom. The molecule has 1 aliphatic carbocycles. The topological polar surface area (TPSA) is 89.6 Å². The van der Waals surface area contributed by atoms with Crippen molar-refractivity contribution in [1.82, 2.24) is 0 Å². The molecule has 3 rings (SSSR count). The third kappa shape index (κ3) is 3.48. The summed E-state index contributed by atoms with van der Waals surface area (Å²) in [4.78, 5) is 23.8. The van der Waals surface area contributed by atoms with Gasteiger partial charge in [-0.2, -0.15) is 0 Å². The molecule has 1 aromatic rings. The van der Waals surface area contributed by atoms with E-state index in [4.69, 9.17) is 10.4 Å². The summed E-state index contributed by atoms with van der Waals surface area (Å²) in [5, 5.41) is 10.2. The number of hydrogen-bond donors (Lipinski definition) is 2. The van der Waals surface area contributed by atoms with Crippen molar-refractivity contribution in [3.05, 3.63) is 29.3 Å². The van der Waals surface area contributed by atoms with Crippen molar-refractivity contribution in [1.29, 1.82) is 0 Å². The van der Waals surface area contributed by atoms with Crippen LogP contribution in [0.5, 0.6) is 5.75 Å². The Morgan fingerprint density at radius 3 is 2.74 bits per heavy atom. The molecule has 1 aliphatic heterocycles. The molecule has 122 valence electrons. The van der Waals surface area contributed by atoms with Gasteiger partial charge in [-0.3, -0.25) is 9.59 Å². The molecule has 5 nitrogen and oxygen atoms in total. The van der Waals surface area contributed by atoms with Gasteiger partial charge < -0.3 is 15.4 Å². The van der Waals surface area contributed by atoms with Crippen LogP contribution in [0.4, 0.5) is 0 Å². The molecule has 1 heterocycles. The molecule has 1 atom stereocenters. The van der Waals surface area contributed by atoms with Gasteiger partial charge in [0.05, 0.1) is 5.56 Å². The number of carbonyl (C=O) groups is 2.